The van der Waals surface area contributed by atoms with Crippen molar-refractivity contribution in [3.63, 3.8) is 0 Å². The van der Waals surface area contributed by atoms with E-state index in [-0.39, 0.29) is 25.1 Å². The molecule has 2 heterocycles. The second-order valence-corrected chi connectivity index (χ2v) is 10.8. The van der Waals surface area contributed by atoms with Crippen LogP contribution in [0.1, 0.15) is 50.8 Å². The van der Waals surface area contributed by atoms with E-state index in [0.29, 0.717) is 32.5 Å². The van der Waals surface area contributed by atoms with Gasteiger partial charge in [0.1, 0.15) is 18.2 Å². The van der Waals surface area contributed by atoms with Gasteiger partial charge < -0.3 is 29.9 Å². The SMILES string of the molecule is CC(C)(C)OC(=O)N1CCN2c3cccc(c3)C(NC(=O)OCc3ccccc3)CC=CCCNC(=O)C2C1. The van der Waals surface area contributed by atoms with Gasteiger partial charge in [-0.05, 0) is 56.9 Å². The molecular formula is C30H38N4O5. The first-order chi connectivity index (χ1) is 18.7. The quantitative estimate of drug-likeness (QED) is 0.561. The summed E-state index contributed by atoms with van der Waals surface area (Å²) in [6, 6.07) is 16.5. The van der Waals surface area contributed by atoms with Gasteiger partial charge >= 0.3 is 12.2 Å². The van der Waals surface area contributed by atoms with Crippen LogP contribution in [0.4, 0.5) is 15.3 Å². The van der Waals surface area contributed by atoms with E-state index in [9.17, 15) is 14.4 Å². The number of rotatable bonds is 3. The second kappa shape index (κ2) is 12.7. The topological polar surface area (TPSA) is 100 Å². The van der Waals surface area contributed by atoms with Gasteiger partial charge in [-0.2, -0.15) is 0 Å². The van der Waals surface area contributed by atoms with Gasteiger partial charge in [-0.25, -0.2) is 9.59 Å². The average Bonchev–Trinajstić information content (AvgIpc) is 2.92. The van der Waals surface area contributed by atoms with Crippen molar-refractivity contribution in [1.82, 2.24) is 15.5 Å². The molecule has 2 bridgehead atoms. The van der Waals surface area contributed by atoms with E-state index in [0.717, 1.165) is 16.8 Å². The van der Waals surface area contributed by atoms with E-state index in [2.05, 4.69) is 10.6 Å². The zero-order valence-corrected chi connectivity index (χ0v) is 22.9. The molecule has 1 fully saturated rings. The van der Waals surface area contributed by atoms with Crippen molar-refractivity contribution in [3.05, 3.63) is 77.9 Å². The number of carbonyl (C=O) groups is 3. The van der Waals surface area contributed by atoms with Crippen LogP contribution in [0.5, 0.6) is 0 Å². The average molecular weight is 535 g/mol. The maximum Gasteiger partial charge on any atom is 0.410 e. The van der Waals surface area contributed by atoms with Gasteiger partial charge in [0.2, 0.25) is 5.91 Å². The number of amides is 3. The van der Waals surface area contributed by atoms with Crippen molar-refractivity contribution in [3.8, 4) is 0 Å². The lowest BCUT2D eigenvalue weighted by Crippen LogP contribution is -2.60. The molecule has 1 saturated heterocycles. The van der Waals surface area contributed by atoms with Crippen LogP contribution in [0, 0.1) is 0 Å². The standard InChI is InChI=1S/C30H38N4O5/c1-30(2,3)39-29(37)33-17-18-34-24-14-10-13-23(19-24)25(15-8-5-9-16-31-27(35)26(34)20-33)32-28(36)38-21-22-11-6-4-7-12-22/h4-8,10-14,19,25-26H,9,15-18,20-21H2,1-3H3,(H,31,35)(H,32,36). The van der Waals surface area contributed by atoms with Crippen LogP contribution >= 0.6 is 0 Å². The molecule has 2 aliphatic rings. The van der Waals surface area contributed by atoms with Crippen molar-refractivity contribution in [1.29, 1.82) is 0 Å². The van der Waals surface area contributed by atoms with Crippen LogP contribution in [0.15, 0.2) is 66.7 Å². The number of anilines is 1. The van der Waals surface area contributed by atoms with Crippen molar-refractivity contribution in [2.75, 3.05) is 31.1 Å². The summed E-state index contributed by atoms with van der Waals surface area (Å²) in [6.07, 6.45) is 4.32. The summed E-state index contributed by atoms with van der Waals surface area (Å²) in [5, 5.41) is 6.02. The largest absolute Gasteiger partial charge is 0.445 e. The van der Waals surface area contributed by atoms with Crippen LogP contribution in [0.2, 0.25) is 0 Å². The molecule has 2 atom stereocenters. The highest BCUT2D eigenvalue weighted by Crippen LogP contribution is 2.27. The van der Waals surface area contributed by atoms with Crippen LogP contribution in [-0.2, 0) is 20.9 Å². The molecule has 2 aromatic rings. The lowest BCUT2D eigenvalue weighted by Gasteiger charge is -2.42. The fourth-order valence-corrected chi connectivity index (χ4v) is 4.66. The van der Waals surface area contributed by atoms with E-state index < -0.39 is 23.8 Å². The lowest BCUT2D eigenvalue weighted by molar-refractivity contribution is -0.123. The molecule has 4 rings (SSSR count). The lowest BCUT2D eigenvalue weighted by atomic mass is 10.0. The number of nitrogens with one attached hydrogen (secondary N) is 2. The number of ether oxygens (including phenoxy) is 2. The molecule has 2 unspecified atom stereocenters. The molecule has 2 aromatic carbocycles. The van der Waals surface area contributed by atoms with Gasteiger partial charge in [-0.1, -0.05) is 54.6 Å². The summed E-state index contributed by atoms with van der Waals surface area (Å²) in [7, 11) is 0. The molecule has 9 heteroatoms. The van der Waals surface area contributed by atoms with Crippen LogP contribution in [0.25, 0.3) is 0 Å². The summed E-state index contributed by atoms with van der Waals surface area (Å²) >= 11 is 0. The second-order valence-electron chi connectivity index (χ2n) is 10.8. The molecule has 9 nitrogen and oxygen atoms in total. The molecule has 39 heavy (non-hydrogen) atoms. The molecule has 3 amide bonds. The molecule has 0 aromatic heterocycles. The molecule has 2 N–H and O–H groups in total. The number of hydrogen-bond acceptors (Lipinski definition) is 6. The summed E-state index contributed by atoms with van der Waals surface area (Å²) < 4.78 is 11.0. The third-order valence-electron chi connectivity index (χ3n) is 6.59. The zero-order valence-electron chi connectivity index (χ0n) is 22.9. The predicted octanol–water partition coefficient (Wildman–Crippen LogP) is 4.55. The molecule has 0 saturated carbocycles. The van der Waals surface area contributed by atoms with Crippen molar-refractivity contribution < 1.29 is 23.9 Å². The Bertz CT molecular complexity index is 1180. The monoisotopic (exact) mass is 534 g/mol. The van der Waals surface area contributed by atoms with Crippen molar-refractivity contribution >= 4 is 23.8 Å². The maximum absolute atomic E-state index is 13.3. The van der Waals surface area contributed by atoms with Crippen molar-refractivity contribution in [2.24, 2.45) is 0 Å². The Morgan fingerprint density at radius 2 is 1.85 bits per heavy atom. The predicted molar refractivity (Wildman–Crippen MR) is 149 cm³/mol. The van der Waals surface area contributed by atoms with Gasteiger partial charge in [0.25, 0.3) is 0 Å². The highest BCUT2D eigenvalue weighted by atomic mass is 16.6. The Labute approximate surface area is 230 Å². The number of fused-ring (bicyclic) bond motifs is 4. The molecule has 0 spiro atoms. The molecule has 0 radical (unpaired) electrons. The molecular weight excluding hydrogens is 496 g/mol. The highest BCUT2D eigenvalue weighted by Gasteiger charge is 2.36. The third-order valence-corrected chi connectivity index (χ3v) is 6.59. The van der Waals surface area contributed by atoms with Crippen LogP contribution in [-0.4, -0.2) is 60.8 Å². The van der Waals surface area contributed by atoms with Gasteiger partial charge in [0.15, 0.2) is 0 Å². The van der Waals surface area contributed by atoms with Gasteiger partial charge in [-0.3, -0.25) is 4.79 Å². The summed E-state index contributed by atoms with van der Waals surface area (Å²) in [6.45, 7) is 7.26. The van der Waals surface area contributed by atoms with Gasteiger partial charge in [-0.15, -0.1) is 0 Å². The summed E-state index contributed by atoms with van der Waals surface area (Å²) in [4.78, 5) is 42.4. The summed E-state index contributed by atoms with van der Waals surface area (Å²) in [5.74, 6) is -0.138. The highest BCUT2D eigenvalue weighted by molar-refractivity contribution is 5.87. The van der Waals surface area contributed by atoms with E-state index in [4.69, 9.17) is 9.47 Å². The Hall–Kier alpha value is -4.01. The summed E-state index contributed by atoms with van der Waals surface area (Å²) in [5.41, 5.74) is 2.05. The number of nitrogens with zero attached hydrogens (tertiary/aromatic N) is 2. The van der Waals surface area contributed by atoms with Gasteiger partial charge in [0, 0.05) is 25.3 Å². The first-order valence-corrected chi connectivity index (χ1v) is 13.4. The Morgan fingerprint density at radius 1 is 1.05 bits per heavy atom. The van der Waals surface area contributed by atoms with E-state index in [1.807, 2.05) is 92.4 Å². The number of hydrogen-bond donors (Lipinski definition) is 2. The van der Waals surface area contributed by atoms with Gasteiger partial charge in [0.05, 0.1) is 12.6 Å². The minimum absolute atomic E-state index is 0.138. The smallest absolute Gasteiger partial charge is 0.410 e. The van der Waals surface area contributed by atoms with E-state index in [1.165, 1.54) is 0 Å². The minimum Gasteiger partial charge on any atom is -0.445 e. The normalized spacial score (nSPS) is 19.9. The van der Waals surface area contributed by atoms with Crippen LogP contribution < -0.4 is 15.5 Å². The molecule has 0 aliphatic carbocycles. The first-order valence-electron chi connectivity index (χ1n) is 13.4. The number of carbonyl (C=O) groups excluding carboxylic acids is 3. The van der Waals surface area contributed by atoms with E-state index in [1.54, 1.807) is 4.90 Å². The van der Waals surface area contributed by atoms with E-state index >= 15 is 0 Å². The molecule has 2 aliphatic heterocycles. The fraction of sp³-hybridized carbons (Fsp3) is 0.433. The number of alkyl carbamates (subject to hydrolysis) is 1. The van der Waals surface area contributed by atoms with Crippen molar-refractivity contribution in [2.45, 2.75) is 57.9 Å². The Kier molecular flexibility index (Phi) is 9.11. The van der Waals surface area contributed by atoms with Crippen LogP contribution in [0.3, 0.4) is 0 Å². The Balaban J connectivity index is 1.53. The third kappa shape index (κ3) is 7.99. The number of benzene rings is 2. The molecule has 208 valence electrons. The minimum atomic E-state index is -0.619. The Morgan fingerprint density at radius 3 is 2.62 bits per heavy atom. The zero-order chi connectivity index (χ0) is 27.8. The fourth-order valence-electron chi connectivity index (χ4n) is 4.66. The maximum atomic E-state index is 13.3. The first kappa shape index (κ1) is 28.0. The number of piperazine rings is 1.